The molecule has 1 amide bonds. The van der Waals surface area contributed by atoms with Gasteiger partial charge in [-0.15, -0.1) is 0 Å². The van der Waals surface area contributed by atoms with Crippen LogP contribution >= 0.6 is 0 Å². The highest BCUT2D eigenvalue weighted by molar-refractivity contribution is 5.88. The summed E-state index contributed by atoms with van der Waals surface area (Å²) in [6.45, 7) is 13.1. The number of hydrogen-bond acceptors (Lipinski definition) is 2. The molecule has 20 heavy (non-hydrogen) atoms. The highest BCUT2D eigenvalue weighted by Gasteiger charge is 2.47. The molecule has 1 aliphatic heterocycles. The van der Waals surface area contributed by atoms with E-state index < -0.39 is 0 Å². The van der Waals surface area contributed by atoms with Gasteiger partial charge in [0.2, 0.25) is 5.91 Å². The van der Waals surface area contributed by atoms with E-state index >= 15 is 0 Å². The van der Waals surface area contributed by atoms with Crippen LogP contribution in [0.3, 0.4) is 0 Å². The Kier molecular flexibility index (Phi) is 6.50. The van der Waals surface area contributed by atoms with Gasteiger partial charge in [-0.1, -0.05) is 47.0 Å². The SMILES string of the molecule is CCCC1NC(C)(CC)C(=O)N1C(C)CCCC(C)C. The van der Waals surface area contributed by atoms with Crippen molar-refractivity contribution in [3.63, 3.8) is 0 Å². The Morgan fingerprint density at radius 1 is 1.25 bits per heavy atom. The second-order valence-corrected chi connectivity index (χ2v) is 7.02. The molecule has 3 nitrogen and oxygen atoms in total. The molecule has 1 heterocycles. The molecule has 3 heteroatoms. The lowest BCUT2D eigenvalue weighted by atomic mass is 9.98. The molecule has 0 aliphatic carbocycles. The third kappa shape index (κ3) is 3.97. The summed E-state index contributed by atoms with van der Waals surface area (Å²) in [4.78, 5) is 14.9. The minimum absolute atomic E-state index is 0.228. The molecule has 1 saturated heterocycles. The van der Waals surface area contributed by atoms with Crippen LogP contribution < -0.4 is 5.32 Å². The van der Waals surface area contributed by atoms with Gasteiger partial charge in [0.15, 0.2) is 0 Å². The van der Waals surface area contributed by atoms with Crippen molar-refractivity contribution in [2.24, 2.45) is 5.92 Å². The van der Waals surface area contributed by atoms with Crippen molar-refractivity contribution in [2.75, 3.05) is 0 Å². The lowest BCUT2D eigenvalue weighted by Gasteiger charge is -2.30. The molecule has 0 radical (unpaired) electrons. The van der Waals surface area contributed by atoms with Crippen LogP contribution in [0.5, 0.6) is 0 Å². The summed E-state index contributed by atoms with van der Waals surface area (Å²) in [6, 6.07) is 0.346. The number of carbonyl (C=O) groups is 1. The highest BCUT2D eigenvalue weighted by atomic mass is 16.2. The fourth-order valence-electron chi connectivity index (χ4n) is 3.13. The summed E-state index contributed by atoms with van der Waals surface area (Å²) >= 11 is 0. The van der Waals surface area contributed by atoms with E-state index in [4.69, 9.17) is 0 Å². The van der Waals surface area contributed by atoms with E-state index in [-0.39, 0.29) is 11.7 Å². The minimum Gasteiger partial charge on any atom is -0.323 e. The van der Waals surface area contributed by atoms with Crippen LogP contribution in [0.15, 0.2) is 0 Å². The molecule has 3 atom stereocenters. The molecule has 0 saturated carbocycles. The van der Waals surface area contributed by atoms with Crippen molar-refractivity contribution in [2.45, 2.75) is 97.8 Å². The molecule has 3 unspecified atom stereocenters. The quantitative estimate of drug-likeness (QED) is 0.731. The van der Waals surface area contributed by atoms with Gasteiger partial charge >= 0.3 is 0 Å². The number of hydrogen-bond donors (Lipinski definition) is 1. The Labute approximate surface area is 125 Å². The molecule has 118 valence electrons. The van der Waals surface area contributed by atoms with Crippen molar-refractivity contribution in [3.8, 4) is 0 Å². The summed E-state index contributed by atoms with van der Waals surface area (Å²) in [5.74, 6) is 1.05. The Hall–Kier alpha value is -0.570. The van der Waals surface area contributed by atoms with Crippen LogP contribution in [-0.4, -0.2) is 28.6 Å². The summed E-state index contributed by atoms with van der Waals surface area (Å²) in [5.41, 5.74) is -0.355. The van der Waals surface area contributed by atoms with E-state index in [0.29, 0.717) is 11.9 Å². The molecule has 0 aromatic carbocycles. The molecule has 1 aliphatic rings. The molecule has 0 aromatic rings. The number of nitrogens with zero attached hydrogens (tertiary/aromatic N) is 1. The zero-order valence-corrected chi connectivity index (χ0v) is 14.3. The van der Waals surface area contributed by atoms with Crippen molar-refractivity contribution < 1.29 is 4.79 Å². The first kappa shape index (κ1) is 17.5. The smallest absolute Gasteiger partial charge is 0.244 e. The number of carbonyl (C=O) groups excluding carboxylic acids is 1. The molecule has 0 spiro atoms. The van der Waals surface area contributed by atoms with Crippen LogP contribution in [0, 0.1) is 5.92 Å². The lowest BCUT2D eigenvalue weighted by molar-refractivity contribution is -0.135. The van der Waals surface area contributed by atoms with E-state index in [9.17, 15) is 4.79 Å². The Morgan fingerprint density at radius 2 is 1.90 bits per heavy atom. The van der Waals surface area contributed by atoms with Crippen molar-refractivity contribution in [1.82, 2.24) is 10.2 Å². The molecule has 1 rings (SSSR count). The summed E-state index contributed by atoms with van der Waals surface area (Å²) in [6.07, 6.45) is 6.84. The van der Waals surface area contributed by atoms with Crippen molar-refractivity contribution in [1.29, 1.82) is 0 Å². The van der Waals surface area contributed by atoms with Crippen LogP contribution in [0.2, 0.25) is 0 Å². The Balaban J connectivity index is 2.70. The molecule has 1 fully saturated rings. The zero-order chi connectivity index (χ0) is 15.3. The van der Waals surface area contributed by atoms with Crippen LogP contribution in [0.25, 0.3) is 0 Å². The third-order valence-electron chi connectivity index (χ3n) is 4.67. The van der Waals surface area contributed by atoms with Crippen LogP contribution in [0.4, 0.5) is 0 Å². The predicted octanol–water partition coefficient (Wildman–Crippen LogP) is 3.93. The average molecular weight is 282 g/mol. The maximum atomic E-state index is 12.7. The van der Waals surface area contributed by atoms with E-state index in [1.807, 2.05) is 0 Å². The van der Waals surface area contributed by atoms with Gasteiger partial charge in [0.25, 0.3) is 0 Å². The second-order valence-electron chi connectivity index (χ2n) is 7.02. The van der Waals surface area contributed by atoms with Gasteiger partial charge in [-0.05, 0) is 39.0 Å². The van der Waals surface area contributed by atoms with Gasteiger partial charge in [0.1, 0.15) is 0 Å². The topological polar surface area (TPSA) is 32.3 Å². The third-order valence-corrected chi connectivity index (χ3v) is 4.67. The minimum atomic E-state index is -0.355. The van der Waals surface area contributed by atoms with E-state index in [0.717, 1.165) is 31.6 Å². The first-order valence-electron chi connectivity index (χ1n) is 8.46. The Bertz CT molecular complexity index is 316. The van der Waals surface area contributed by atoms with Gasteiger partial charge in [-0.3, -0.25) is 10.1 Å². The first-order chi connectivity index (χ1) is 9.35. The molecular formula is C17H34N2O. The summed E-state index contributed by atoms with van der Waals surface area (Å²) < 4.78 is 0. The van der Waals surface area contributed by atoms with Gasteiger partial charge in [-0.2, -0.15) is 0 Å². The largest absolute Gasteiger partial charge is 0.323 e. The first-order valence-corrected chi connectivity index (χ1v) is 8.46. The monoisotopic (exact) mass is 282 g/mol. The maximum absolute atomic E-state index is 12.7. The number of nitrogens with one attached hydrogen (secondary N) is 1. The van der Waals surface area contributed by atoms with Gasteiger partial charge in [0.05, 0.1) is 11.7 Å². The van der Waals surface area contributed by atoms with E-state index in [1.165, 1.54) is 12.8 Å². The highest BCUT2D eigenvalue weighted by Crippen LogP contribution is 2.29. The van der Waals surface area contributed by atoms with Gasteiger partial charge in [-0.25, -0.2) is 0 Å². The molecule has 0 bridgehead atoms. The Morgan fingerprint density at radius 3 is 2.40 bits per heavy atom. The van der Waals surface area contributed by atoms with Crippen LogP contribution in [0.1, 0.15) is 80.1 Å². The maximum Gasteiger partial charge on any atom is 0.244 e. The second kappa shape index (κ2) is 7.44. The lowest BCUT2D eigenvalue weighted by Crippen LogP contribution is -2.44. The normalized spacial score (nSPS) is 28.4. The summed E-state index contributed by atoms with van der Waals surface area (Å²) in [5, 5.41) is 3.57. The summed E-state index contributed by atoms with van der Waals surface area (Å²) in [7, 11) is 0. The molecule has 0 aromatic heterocycles. The number of amides is 1. The van der Waals surface area contributed by atoms with Crippen molar-refractivity contribution >= 4 is 5.91 Å². The standard InChI is InChI=1S/C17H34N2O/c1-7-10-15-18-17(6,8-2)16(20)19(15)14(5)12-9-11-13(3)4/h13-15,18H,7-12H2,1-6H3. The van der Waals surface area contributed by atoms with Gasteiger partial charge < -0.3 is 4.90 Å². The zero-order valence-electron chi connectivity index (χ0n) is 14.3. The number of rotatable bonds is 8. The average Bonchev–Trinajstić information content (AvgIpc) is 2.62. The van der Waals surface area contributed by atoms with E-state index in [2.05, 4.69) is 51.8 Å². The molecule has 1 N–H and O–H groups in total. The fraction of sp³-hybridized carbons (Fsp3) is 0.941. The predicted molar refractivity (Wildman–Crippen MR) is 85.5 cm³/mol. The van der Waals surface area contributed by atoms with E-state index in [1.54, 1.807) is 0 Å². The van der Waals surface area contributed by atoms with Crippen molar-refractivity contribution in [3.05, 3.63) is 0 Å². The van der Waals surface area contributed by atoms with Crippen LogP contribution in [-0.2, 0) is 4.79 Å². The fourth-order valence-corrected chi connectivity index (χ4v) is 3.13. The van der Waals surface area contributed by atoms with Gasteiger partial charge in [0, 0.05) is 6.04 Å². The molecular weight excluding hydrogens is 248 g/mol.